The predicted octanol–water partition coefficient (Wildman–Crippen LogP) is 0.926. The van der Waals surface area contributed by atoms with Gasteiger partial charge in [0.1, 0.15) is 0 Å². The van der Waals surface area contributed by atoms with Gasteiger partial charge in [-0.25, -0.2) is 0 Å². The number of nitrogens with zero attached hydrogens (tertiary/aromatic N) is 2. The third-order valence-corrected chi connectivity index (χ3v) is 4.28. The van der Waals surface area contributed by atoms with Crippen molar-refractivity contribution in [3.05, 3.63) is 0 Å². The molecule has 0 aromatic rings. The Morgan fingerprint density at radius 3 is 2.50 bits per heavy atom. The number of hydrogen-bond donors (Lipinski definition) is 1. The summed E-state index contributed by atoms with van der Waals surface area (Å²) in [6.45, 7) is 6.08. The van der Waals surface area contributed by atoms with E-state index in [2.05, 4.69) is 29.0 Å². The van der Waals surface area contributed by atoms with E-state index in [4.69, 9.17) is 0 Å². The minimum absolute atomic E-state index is 0.0154. The van der Waals surface area contributed by atoms with Crippen molar-refractivity contribution in [2.75, 3.05) is 27.2 Å². The summed E-state index contributed by atoms with van der Waals surface area (Å²) in [5, 5.41) is 3.63. The molecule has 2 heterocycles. The second-order valence-corrected chi connectivity index (χ2v) is 6.36. The van der Waals surface area contributed by atoms with Crippen LogP contribution < -0.4 is 5.32 Å². The highest BCUT2D eigenvalue weighted by Gasteiger charge is 2.35. The van der Waals surface area contributed by atoms with Crippen molar-refractivity contribution in [3.63, 3.8) is 0 Å². The number of likely N-dealkylation sites (tertiary alicyclic amines) is 1. The predicted molar refractivity (Wildman–Crippen MR) is 73.5 cm³/mol. The molecule has 0 saturated carbocycles. The Hall–Kier alpha value is -0.610. The molecule has 2 aliphatic heterocycles. The van der Waals surface area contributed by atoms with E-state index in [1.54, 1.807) is 0 Å². The Morgan fingerprint density at radius 1 is 1.22 bits per heavy atom. The van der Waals surface area contributed by atoms with E-state index in [9.17, 15) is 4.79 Å². The van der Waals surface area contributed by atoms with Gasteiger partial charge in [-0.1, -0.05) is 13.8 Å². The number of fused-ring (bicyclic) bond motifs is 2. The van der Waals surface area contributed by atoms with E-state index in [-0.39, 0.29) is 6.04 Å². The first-order valence-electron chi connectivity index (χ1n) is 7.20. The molecule has 18 heavy (non-hydrogen) atoms. The molecular formula is C14H27N3O. The normalized spacial score (nSPS) is 29.8. The molecule has 104 valence electrons. The SMILES string of the molecule is CC(C)C(C(=O)N1CCC2CCC(C1)N2)N(C)C. The standard InChI is InChI=1S/C14H27N3O/c1-10(2)13(16(3)4)14(18)17-8-7-11-5-6-12(9-17)15-11/h10-13,15H,5-9H2,1-4H3. The zero-order valence-electron chi connectivity index (χ0n) is 12.1. The van der Waals surface area contributed by atoms with Crippen molar-refractivity contribution in [1.82, 2.24) is 15.1 Å². The Morgan fingerprint density at radius 2 is 1.89 bits per heavy atom. The Labute approximate surface area is 111 Å². The van der Waals surface area contributed by atoms with Crippen LogP contribution in [-0.4, -0.2) is 61.0 Å². The highest BCUT2D eigenvalue weighted by molar-refractivity contribution is 5.82. The lowest BCUT2D eigenvalue weighted by Crippen LogP contribution is -2.50. The summed E-state index contributed by atoms with van der Waals surface area (Å²) in [6, 6.07) is 1.18. The quantitative estimate of drug-likeness (QED) is 0.812. The minimum Gasteiger partial charge on any atom is -0.340 e. The van der Waals surface area contributed by atoms with Crippen LogP contribution in [0.1, 0.15) is 33.1 Å². The maximum absolute atomic E-state index is 12.7. The lowest BCUT2D eigenvalue weighted by Gasteiger charge is -2.33. The molecule has 4 nitrogen and oxygen atoms in total. The first kappa shape index (κ1) is 13.8. The van der Waals surface area contributed by atoms with Crippen molar-refractivity contribution in [2.24, 2.45) is 5.92 Å². The van der Waals surface area contributed by atoms with Gasteiger partial charge < -0.3 is 10.2 Å². The summed E-state index contributed by atoms with van der Waals surface area (Å²) in [7, 11) is 4.01. The van der Waals surface area contributed by atoms with E-state index < -0.39 is 0 Å². The molecule has 0 aliphatic carbocycles. The molecule has 2 rings (SSSR count). The number of carbonyl (C=O) groups excluding carboxylic acids is 1. The first-order chi connectivity index (χ1) is 8.49. The van der Waals surface area contributed by atoms with E-state index in [1.807, 2.05) is 14.1 Å². The molecule has 3 unspecified atom stereocenters. The molecule has 0 aromatic carbocycles. The monoisotopic (exact) mass is 253 g/mol. The fourth-order valence-corrected chi connectivity index (χ4v) is 3.43. The number of likely N-dealkylation sites (N-methyl/N-ethyl adjacent to an activating group) is 1. The van der Waals surface area contributed by atoms with E-state index in [1.165, 1.54) is 12.8 Å². The molecule has 0 aromatic heterocycles. The van der Waals surface area contributed by atoms with Crippen LogP contribution in [0.3, 0.4) is 0 Å². The van der Waals surface area contributed by atoms with Crippen molar-refractivity contribution in [2.45, 2.75) is 51.2 Å². The van der Waals surface area contributed by atoms with Gasteiger partial charge in [0.2, 0.25) is 5.91 Å². The number of amides is 1. The van der Waals surface area contributed by atoms with Gasteiger partial charge >= 0.3 is 0 Å². The average molecular weight is 253 g/mol. The summed E-state index contributed by atoms with van der Waals surface area (Å²) < 4.78 is 0. The van der Waals surface area contributed by atoms with Crippen LogP contribution >= 0.6 is 0 Å². The minimum atomic E-state index is 0.0154. The third kappa shape index (κ3) is 2.86. The Kier molecular flexibility index (Phi) is 4.28. The number of hydrogen-bond acceptors (Lipinski definition) is 3. The van der Waals surface area contributed by atoms with Gasteiger partial charge in [0.25, 0.3) is 0 Å². The Bertz CT molecular complexity index is 295. The van der Waals surface area contributed by atoms with Crippen molar-refractivity contribution in [1.29, 1.82) is 0 Å². The second-order valence-electron chi connectivity index (χ2n) is 6.36. The molecule has 2 fully saturated rings. The highest BCUT2D eigenvalue weighted by atomic mass is 16.2. The van der Waals surface area contributed by atoms with Crippen LogP contribution in [0.5, 0.6) is 0 Å². The van der Waals surface area contributed by atoms with Crippen LogP contribution in [0, 0.1) is 5.92 Å². The van der Waals surface area contributed by atoms with Gasteiger partial charge in [-0.2, -0.15) is 0 Å². The van der Waals surface area contributed by atoms with Crippen molar-refractivity contribution >= 4 is 5.91 Å². The lowest BCUT2D eigenvalue weighted by molar-refractivity contribution is -0.137. The molecule has 3 atom stereocenters. The topological polar surface area (TPSA) is 35.6 Å². The third-order valence-electron chi connectivity index (χ3n) is 4.28. The van der Waals surface area contributed by atoms with Gasteiger partial charge in [0.05, 0.1) is 6.04 Å². The van der Waals surface area contributed by atoms with E-state index in [0.717, 1.165) is 19.5 Å². The number of rotatable bonds is 3. The molecule has 2 bridgehead atoms. The lowest BCUT2D eigenvalue weighted by atomic mass is 10.0. The zero-order valence-corrected chi connectivity index (χ0v) is 12.1. The van der Waals surface area contributed by atoms with Gasteiger partial charge in [0.15, 0.2) is 0 Å². The zero-order chi connectivity index (χ0) is 13.3. The van der Waals surface area contributed by atoms with Crippen LogP contribution in [0.4, 0.5) is 0 Å². The fourth-order valence-electron chi connectivity index (χ4n) is 3.43. The summed E-state index contributed by atoms with van der Waals surface area (Å²) in [5.74, 6) is 0.672. The first-order valence-corrected chi connectivity index (χ1v) is 7.20. The van der Waals surface area contributed by atoms with Gasteiger partial charge in [-0.15, -0.1) is 0 Å². The maximum atomic E-state index is 12.7. The molecule has 1 amide bonds. The van der Waals surface area contributed by atoms with Gasteiger partial charge in [-0.3, -0.25) is 9.69 Å². The molecule has 1 N–H and O–H groups in total. The molecule has 2 aliphatic rings. The average Bonchev–Trinajstić information content (AvgIpc) is 2.56. The second kappa shape index (κ2) is 5.57. The van der Waals surface area contributed by atoms with Gasteiger partial charge in [0, 0.05) is 25.2 Å². The largest absolute Gasteiger partial charge is 0.340 e. The summed E-state index contributed by atoms with van der Waals surface area (Å²) in [4.78, 5) is 16.8. The van der Waals surface area contributed by atoms with Gasteiger partial charge in [-0.05, 0) is 39.3 Å². The number of carbonyl (C=O) groups is 1. The Balaban J connectivity index is 2.03. The maximum Gasteiger partial charge on any atom is 0.240 e. The smallest absolute Gasteiger partial charge is 0.240 e. The molecule has 4 heteroatoms. The van der Waals surface area contributed by atoms with Crippen LogP contribution in [0.2, 0.25) is 0 Å². The molecule has 0 radical (unpaired) electrons. The number of nitrogens with one attached hydrogen (secondary N) is 1. The molecule has 2 saturated heterocycles. The molecule has 0 spiro atoms. The van der Waals surface area contributed by atoms with E-state index in [0.29, 0.717) is 23.9 Å². The van der Waals surface area contributed by atoms with Crippen molar-refractivity contribution < 1.29 is 4.79 Å². The summed E-state index contributed by atoms with van der Waals surface area (Å²) in [6.07, 6.45) is 3.62. The summed E-state index contributed by atoms with van der Waals surface area (Å²) in [5.41, 5.74) is 0. The van der Waals surface area contributed by atoms with E-state index >= 15 is 0 Å². The van der Waals surface area contributed by atoms with Crippen LogP contribution in [0.15, 0.2) is 0 Å². The molecular weight excluding hydrogens is 226 g/mol. The van der Waals surface area contributed by atoms with Crippen LogP contribution in [-0.2, 0) is 4.79 Å². The van der Waals surface area contributed by atoms with Crippen molar-refractivity contribution in [3.8, 4) is 0 Å². The fraction of sp³-hybridized carbons (Fsp3) is 0.929. The highest BCUT2D eigenvalue weighted by Crippen LogP contribution is 2.22. The summed E-state index contributed by atoms with van der Waals surface area (Å²) >= 11 is 0. The van der Waals surface area contributed by atoms with Crippen LogP contribution in [0.25, 0.3) is 0 Å².